The molecular weight excluding hydrogens is 473 g/mol. The Bertz CT molecular complexity index is 1280. The van der Waals surface area contributed by atoms with Crippen molar-refractivity contribution in [1.29, 1.82) is 0 Å². The van der Waals surface area contributed by atoms with Gasteiger partial charge in [-0.25, -0.2) is 23.1 Å². The minimum absolute atomic E-state index is 0.0971. The van der Waals surface area contributed by atoms with Crippen molar-refractivity contribution in [2.24, 2.45) is 0 Å². The van der Waals surface area contributed by atoms with Gasteiger partial charge in [-0.05, 0) is 51.1 Å². The second kappa shape index (κ2) is 8.87. The summed E-state index contributed by atoms with van der Waals surface area (Å²) in [5, 5.41) is 4.46. The molecule has 1 aliphatic rings. The average molecular weight is 497 g/mol. The summed E-state index contributed by atoms with van der Waals surface area (Å²) in [7, 11) is -3.87. The maximum atomic E-state index is 13.0. The predicted octanol–water partition coefficient (Wildman–Crippen LogP) is 3.00. The Morgan fingerprint density at radius 2 is 1.53 bits per heavy atom. The molecule has 13 heteroatoms. The van der Waals surface area contributed by atoms with Crippen LogP contribution >= 0.6 is 0 Å². The third-order valence-electron chi connectivity index (χ3n) is 5.30. The number of aryl methyl sites for hydroxylation is 3. The summed E-state index contributed by atoms with van der Waals surface area (Å²) >= 11 is 0. The quantitative estimate of drug-likeness (QED) is 0.536. The molecule has 3 aromatic rings. The molecule has 0 unspecified atom stereocenters. The van der Waals surface area contributed by atoms with Gasteiger partial charge in [-0.1, -0.05) is 0 Å². The zero-order valence-corrected chi connectivity index (χ0v) is 19.6. The highest BCUT2D eigenvalue weighted by Gasteiger charge is 2.32. The van der Waals surface area contributed by atoms with Crippen LogP contribution in [0, 0.1) is 20.8 Å². The lowest BCUT2D eigenvalue weighted by Gasteiger charge is -2.34. The predicted molar refractivity (Wildman–Crippen MR) is 117 cm³/mol. The van der Waals surface area contributed by atoms with Crippen LogP contribution in [0.15, 0.2) is 41.3 Å². The Morgan fingerprint density at radius 3 is 2.09 bits per heavy atom. The fourth-order valence-electron chi connectivity index (χ4n) is 3.79. The first-order valence-electron chi connectivity index (χ1n) is 10.4. The van der Waals surface area contributed by atoms with Crippen molar-refractivity contribution in [1.82, 2.24) is 24.1 Å². The van der Waals surface area contributed by atoms with E-state index in [4.69, 9.17) is 0 Å². The maximum Gasteiger partial charge on any atom is 0.573 e. The van der Waals surface area contributed by atoms with Gasteiger partial charge in [0.15, 0.2) is 5.82 Å². The molecule has 2 aromatic heterocycles. The van der Waals surface area contributed by atoms with Crippen LogP contribution in [0.1, 0.15) is 17.2 Å². The molecule has 0 aliphatic carbocycles. The van der Waals surface area contributed by atoms with Crippen LogP contribution < -0.4 is 9.64 Å². The number of benzene rings is 1. The Morgan fingerprint density at radius 1 is 0.912 bits per heavy atom. The van der Waals surface area contributed by atoms with E-state index in [0.717, 1.165) is 35.7 Å². The van der Waals surface area contributed by atoms with Gasteiger partial charge in [0.2, 0.25) is 10.0 Å². The number of piperazine rings is 1. The molecule has 4 rings (SSSR count). The highest BCUT2D eigenvalue weighted by Crippen LogP contribution is 2.26. The summed E-state index contributed by atoms with van der Waals surface area (Å²) in [4.78, 5) is 10.8. The van der Waals surface area contributed by atoms with Gasteiger partial charge in [-0.2, -0.15) is 9.40 Å². The second-order valence-electron chi connectivity index (χ2n) is 7.88. The van der Waals surface area contributed by atoms with E-state index in [1.54, 1.807) is 11.6 Å². The van der Waals surface area contributed by atoms with Gasteiger partial charge in [-0.3, -0.25) is 0 Å². The van der Waals surface area contributed by atoms with Gasteiger partial charge in [0.05, 0.1) is 10.6 Å². The van der Waals surface area contributed by atoms with Gasteiger partial charge in [0.1, 0.15) is 17.4 Å². The van der Waals surface area contributed by atoms with Gasteiger partial charge < -0.3 is 9.64 Å². The molecule has 9 nitrogen and oxygen atoms in total. The number of anilines is 1. The Hall–Kier alpha value is -3.19. The number of nitrogens with zero attached hydrogens (tertiary/aromatic N) is 6. The highest BCUT2D eigenvalue weighted by atomic mass is 32.2. The van der Waals surface area contributed by atoms with E-state index >= 15 is 0 Å². The molecule has 3 heterocycles. The molecule has 0 bridgehead atoms. The third kappa shape index (κ3) is 5.14. The Kier molecular flexibility index (Phi) is 6.25. The monoisotopic (exact) mass is 496 g/mol. The van der Waals surface area contributed by atoms with Crippen molar-refractivity contribution in [2.45, 2.75) is 32.0 Å². The summed E-state index contributed by atoms with van der Waals surface area (Å²) in [6.07, 6.45) is -4.84. The molecule has 182 valence electrons. The molecule has 0 amide bonds. The number of sulfonamides is 1. The summed E-state index contributed by atoms with van der Waals surface area (Å²) < 4.78 is 69.8. The van der Waals surface area contributed by atoms with E-state index in [1.807, 2.05) is 30.9 Å². The first-order valence-corrected chi connectivity index (χ1v) is 11.9. The van der Waals surface area contributed by atoms with Gasteiger partial charge >= 0.3 is 6.36 Å². The van der Waals surface area contributed by atoms with Crippen LogP contribution in [-0.2, 0) is 10.0 Å². The lowest BCUT2D eigenvalue weighted by atomic mass is 10.3. The number of halogens is 3. The van der Waals surface area contributed by atoms with Crippen LogP contribution in [0.5, 0.6) is 5.75 Å². The van der Waals surface area contributed by atoms with Crippen molar-refractivity contribution in [3.8, 4) is 11.6 Å². The summed E-state index contributed by atoms with van der Waals surface area (Å²) in [6, 6.07) is 7.95. The summed E-state index contributed by atoms with van der Waals surface area (Å²) in [6.45, 7) is 6.79. The van der Waals surface area contributed by atoms with Gasteiger partial charge in [0.25, 0.3) is 0 Å². The largest absolute Gasteiger partial charge is 0.573 e. The molecule has 0 saturated carbocycles. The van der Waals surface area contributed by atoms with E-state index in [2.05, 4.69) is 19.8 Å². The van der Waals surface area contributed by atoms with E-state index in [1.165, 1.54) is 4.31 Å². The third-order valence-corrected chi connectivity index (χ3v) is 7.21. The Balaban J connectivity index is 1.47. The molecule has 1 saturated heterocycles. The smallest absolute Gasteiger partial charge is 0.406 e. The summed E-state index contributed by atoms with van der Waals surface area (Å²) in [5.74, 6) is 1.38. The van der Waals surface area contributed by atoms with Crippen molar-refractivity contribution < 1.29 is 26.3 Å². The first-order chi connectivity index (χ1) is 15.9. The molecule has 0 atom stereocenters. The van der Waals surface area contributed by atoms with Crippen molar-refractivity contribution in [2.75, 3.05) is 31.1 Å². The normalized spacial score (nSPS) is 15.5. The number of hydrogen-bond acceptors (Lipinski definition) is 7. The number of alkyl halides is 3. The summed E-state index contributed by atoms with van der Waals surface area (Å²) in [5.41, 5.74) is 1.80. The number of aromatic nitrogens is 4. The molecule has 1 aromatic carbocycles. The van der Waals surface area contributed by atoms with Crippen molar-refractivity contribution in [3.05, 3.63) is 53.6 Å². The molecule has 0 radical (unpaired) electrons. The van der Waals surface area contributed by atoms with Crippen molar-refractivity contribution in [3.63, 3.8) is 0 Å². The minimum Gasteiger partial charge on any atom is -0.406 e. The molecule has 1 aliphatic heterocycles. The maximum absolute atomic E-state index is 13.0. The zero-order valence-electron chi connectivity index (χ0n) is 18.7. The van der Waals surface area contributed by atoms with Gasteiger partial charge in [-0.15, -0.1) is 13.2 Å². The number of rotatable bonds is 5. The Labute approximate surface area is 194 Å². The van der Waals surface area contributed by atoms with E-state index < -0.39 is 22.1 Å². The number of hydrogen-bond donors (Lipinski definition) is 0. The first kappa shape index (κ1) is 24.0. The van der Waals surface area contributed by atoms with E-state index in [0.29, 0.717) is 30.5 Å². The van der Waals surface area contributed by atoms with Crippen LogP contribution in [0.4, 0.5) is 19.0 Å². The zero-order chi connectivity index (χ0) is 24.7. The minimum atomic E-state index is -4.84. The highest BCUT2D eigenvalue weighted by molar-refractivity contribution is 7.89. The lowest BCUT2D eigenvalue weighted by molar-refractivity contribution is -0.274. The van der Waals surface area contributed by atoms with Crippen LogP contribution in [0.2, 0.25) is 0 Å². The molecule has 1 fully saturated rings. The molecule has 0 N–H and O–H groups in total. The van der Waals surface area contributed by atoms with E-state index in [-0.39, 0.29) is 18.0 Å². The fraction of sp³-hybridized carbons (Fsp3) is 0.381. The number of ether oxygens (including phenoxy) is 1. The fourth-order valence-corrected chi connectivity index (χ4v) is 5.21. The van der Waals surface area contributed by atoms with Crippen LogP contribution in [0.3, 0.4) is 0 Å². The van der Waals surface area contributed by atoms with Crippen molar-refractivity contribution >= 4 is 15.8 Å². The standard InChI is InChI=1S/C21H23F3N6O3S/c1-14-12-15(2)30(27-14)20-13-19(25-16(3)26-20)28-8-10-29(11-9-28)34(31,32)18-6-4-17(5-7-18)33-21(22,23)24/h4-7,12-13H,8-11H2,1-3H3. The average Bonchev–Trinajstić information content (AvgIpc) is 3.10. The molecule has 34 heavy (non-hydrogen) atoms. The second-order valence-corrected chi connectivity index (χ2v) is 9.82. The molecule has 0 spiro atoms. The van der Waals surface area contributed by atoms with Gasteiger partial charge in [0, 0.05) is 37.9 Å². The van der Waals surface area contributed by atoms with E-state index in [9.17, 15) is 21.6 Å². The van der Waals surface area contributed by atoms with Crippen LogP contribution in [0.25, 0.3) is 5.82 Å². The lowest BCUT2D eigenvalue weighted by Crippen LogP contribution is -2.49. The van der Waals surface area contributed by atoms with Crippen LogP contribution in [-0.4, -0.2) is 65.0 Å². The SMILES string of the molecule is Cc1cc(C)n(-c2cc(N3CCN(S(=O)(=O)c4ccc(OC(F)(F)F)cc4)CC3)nc(C)n2)n1. The molecular formula is C21H23F3N6O3S. The topological polar surface area (TPSA) is 93.5 Å².